The molecule has 0 radical (unpaired) electrons. The van der Waals surface area contributed by atoms with Crippen LogP contribution in [0.4, 0.5) is 11.6 Å². The lowest BCUT2D eigenvalue weighted by Crippen LogP contribution is -2.33. The summed E-state index contributed by atoms with van der Waals surface area (Å²) >= 11 is 0. The largest absolute Gasteiger partial charge is 0.387 e. The Morgan fingerprint density at radius 1 is 0.557 bits per heavy atom. The molecular weight excluding hydrogens is 1000 g/mol. The van der Waals surface area contributed by atoms with Gasteiger partial charge in [0.15, 0.2) is 46.4 Å². The first-order chi connectivity index (χ1) is 38.7. The molecule has 3 aliphatic rings. The van der Waals surface area contributed by atoms with Crippen LogP contribution in [0.15, 0.2) is 134 Å². The van der Waals surface area contributed by atoms with Gasteiger partial charge in [0.25, 0.3) is 0 Å². The number of nitrogens with one attached hydrogen (secondary N) is 3. The molecule has 79 heavy (non-hydrogen) atoms. The number of benzene rings is 4. The van der Waals surface area contributed by atoms with Crippen molar-refractivity contribution in [3.05, 3.63) is 168 Å². The summed E-state index contributed by atoms with van der Waals surface area (Å²) in [6.45, 7) is 3.04. The van der Waals surface area contributed by atoms with Gasteiger partial charge in [-0.3, -0.25) is 9.13 Å². The highest BCUT2D eigenvalue weighted by Gasteiger charge is 2.45. The Bertz CT molecular complexity index is 3070. The fourth-order valence-corrected chi connectivity index (χ4v) is 11.0. The number of ether oxygens (including phenoxy) is 4. The smallest absolute Gasteiger partial charge is 0.168 e. The zero-order valence-corrected chi connectivity index (χ0v) is 44.6. The summed E-state index contributed by atoms with van der Waals surface area (Å²) in [5.74, 6) is 3.06. The van der Waals surface area contributed by atoms with Crippen molar-refractivity contribution in [3.63, 3.8) is 0 Å². The van der Waals surface area contributed by atoms with Gasteiger partial charge in [0, 0.05) is 39.1 Å². The normalized spacial score (nSPS) is 22.4. The molecule has 416 valence electrons. The van der Waals surface area contributed by atoms with Crippen LogP contribution >= 0.6 is 0 Å². The lowest BCUT2D eigenvalue weighted by atomic mass is 9.89. The predicted molar refractivity (Wildman–Crippen MR) is 299 cm³/mol. The quantitative estimate of drug-likeness (QED) is 0.0423. The molecule has 4 aromatic carbocycles. The maximum absolute atomic E-state index is 10.9. The van der Waals surface area contributed by atoms with E-state index < -0.39 is 49.1 Å². The van der Waals surface area contributed by atoms with Crippen molar-refractivity contribution in [2.75, 3.05) is 57.7 Å². The first-order valence-electron chi connectivity index (χ1n) is 27.3. The Balaban J connectivity index is 0.000000181. The van der Waals surface area contributed by atoms with Crippen LogP contribution < -0.4 is 21.7 Å². The summed E-state index contributed by atoms with van der Waals surface area (Å²) in [6, 6.07) is 41.4. The van der Waals surface area contributed by atoms with Gasteiger partial charge in [-0.05, 0) is 47.6 Å². The Hall–Kier alpha value is -6.82. The molecular formula is C59H72N12O8. The number of rotatable bonds is 21. The number of methoxy groups -OCH3 is 2. The number of hydrogen-bond donors (Lipinski definition) is 8. The number of aliphatic hydroxyl groups excluding tert-OH is 4. The molecule has 9 N–H and O–H groups in total. The van der Waals surface area contributed by atoms with Crippen molar-refractivity contribution in [1.82, 2.24) is 44.4 Å². The van der Waals surface area contributed by atoms with Crippen LogP contribution in [0.1, 0.15) is 90.3 Å². The number of anilines is 2. The van der Waals surface area contributed by atoms with Crippen LogP contribution in [0, 0.1) is 5.92 Å². The van der Waals surface area contributed by atoms with Crippen molar-refractivity contribution in [1.29, 1.82) is 0 Å². The third kappa shape index (κ3) is 12.8. The van der Waals surface area contributed by atoms with Crippen LogP contribution in [-0.4, -0.2) is 143 Å². The molecule has 20 heteroatoms. The monoisotopic (exact) mass is 1080 g/mol. The van der Waals surface area contributed by atoms with E-state index in [2.05, 4.69) is 109 Å². The van der Waals surface area contributed by atoms with E-state index in [1.54, 1.807) is 22.6 Å². The molecule has 0 unspecified atom stereocenters. The average Bonchev–Trinajstić information content (AvgIpc) is 4.29. The minimum absolute atomic E-state index is 0.0748. The van der Waals surface area contributed by atoms with Crippen LogP contribution in [0.2, 0.25) is 0 Å². The Morgan fingerprint density at radius 3 is 1.37 bits per heavy atom. The van der Waals surface area contributed by atoms with Gasteiger partial charge in [-0.25, -0.2) is 29.9 Å². The van der Waals surface area contributed by atoms with Crippen molar-refractivity contribution >= 4 is 34.0 Å². The second-order valence-electron chi connectivity index (χ2n) is 20.5. The van der Waals surface area contributed by atoms with E-state index in [0.717, 1.165) is 6.54 Å². The van der Waals surface area contributed by atoms with Gasteiger partial charge < -0.3 is 61.1 Å². The standard InChI is InChI=1S/C33H42N6O4.C26H30N6O4/c1-42-20-26-29(40)30(41)33(43-26)39-21-36-28-31(37-27(38-32(28)39)19-34-17-22-11-5-2-6-12-22)35-18-25(23-13-7-3-8-14-23)24-15-9-4-10-16-24;1-35-14-19-22(33)23(34)26(36-19)32-15-29-21-24(30-20(12-27)31-25(21)32)28-13-18(16-8-4-2-5-9-16)17-10-6-3-7-11-17/h3-4,7-10,13-16,21-22,25-26,29-30,33-34,40-41H,2,5-6,11-12,17-20H2,1H3,(H,35,37,38);2-11,15,18-19,22-23,26,33-34H,12-14,27H2,1H3,(H,28,30,31)/t26-,29-,30-,33-;19-,22-,23-,26-/m11/s1. The van der Waals surface area contributed by atoms with Crippen LogP contribution in [0.5, 0.6) is 0 Å². The second-order valence-corrected chi connectivity index (χ2v) is 20.5. The van der Waals surface area contributed by atoms with Crippen LogP contribution in [-0.2, 0) is 32.0 Å². The molecule has 0 amide bonds. The highest BCUT2D eigenvalue weighted by Crippen LogP contribution is 2.36. The van der Waals surface area contributed by atoms with Gasteiger partial charge >= 0.3 is 0 Å². The lowest BCUT2D eigenvalue weighted by molar-refractivity contribution is -0.0580. The molecule has 8 aromatic rings. The van der Waals surface area contributed by atoms with Crippen molar-refractivity contribution in [2.45, 2.75) is 106 Å². The highest BCUT2D eigenvalue weighted by molar-refractivity contribution is 5.84. The highest BCUT2D eigenvalue weighted by atomic mass is 16.6. The summed E-state index contributed by atoms with van der Waals surface area (Å²) in [7, 11) is 3.05. The van der Waals surface area contributed by atoms with Gasteiger partial charge in [-0.2, -0.15) is 0 Å². The summed E-state index contributed by atoms with van der Waals surface area (Å²) in [5.41, 5.74) is 12.8. The van der Waals surface area contributed by atoms with Crippen molar-refractivity contribution in [3.8, 4) is 0 Å². The lowest BCUT2D eigenvalue weighted by Gasteiger charge is -2.22. The molecule has 0 spiro atoms. The Morgan fingerprint density at radius 2 is 0.962 bits per heavy atom. The van der Waals surface area contributed by atoms with E-state index >= 15 is 0 Å². The van der Waals surface area contributed by atoms with Gasteiger partial charge in [-0.1, -0.05) is 141 Å². The number of nitrogens with zero attached hydrogens (tertiary/aromatic N) is 8. The third-order valence-corrected chi connectivity index (χ3v) is 15.2. The van der Waals surface area contributed by atoms with Crippen LogP contribution in [0.25, 0.3) is 22.3 Å². The first-order valence-corrected chi connectivity index (χ1v) is 27.3. The number of aromatic nitrogens is 8. The van der Waals surface area contributed by atoms with Gasteiger partial charge in [0.1, 0.15) is 48.3 Å². The summed E-state index contributed by atoms with van der Waals surface area (Å²) in [6.07, 6.45) is 2.01. The molecule has 3 fully saturated rings. The molecule has 6 heterocycles. The van der Waals surface area contributed by atoms with E-state index in [9.17, 15) is 20.4 Å². The maximum Gasteiger partial charge on any atom is 0.168 e. The van der Waals surface area contributed by atoms with E-state index in [0.29, 0.717) is 71.2 Å². The van der Waals surface area contributed by atoms with E-state index in [-0.39, 0.29) is 31.6 Å². The van der Waals surface area contributed by atoms with E-state index in [4.69, 9.17) is 34.6 Å². The van der Waals surface area contributed by atoms with Gasteiger partial charge in [0.05, 0.1) is 39.0 Å². The predicted octanol–water partition coefficient (Wildman–Crippen LogP) is 5.80. The molecule has 11 rings (SSSR count). The van der Waals surface area contributed by atoms with E-state index in [1.165, 1.54) is 67.8 Å². The summed E-state index contributed by atoms with van der Waals surface area (Å²) in [5, 5.41) is 53.2. The topological polar surface area (TPSA) is 267 Å². The van der Waals surface area contributed by atoms with Crippen molar-refractivity contribution in [2.24, 2.45) is 11.7 Å². The number of fused-ring (bicyclic) bond motifs is 2. The molecule has 20 nitrogen and oxygen atoms in total. The first kappa shape index (κ1) is 55.5. The summed E-state index contributed by atoms with van der Waals surface area (Å²) in [4.78, 5) is 28.1. The van der Waals surface area contributed by atoms with Gasteiger partial charge in [-0.15, -0.1) is 0 Å². The molecule has 4 aromatic heterocycles. The average molecular weight is 1080 g/mol. The van der Waals surface area contributed by atoms with Gasteiger partial charge in [0.2, 0.25) is 0 Å². The minimum atomic E-state index is -1.17. The summed E-state index contributed by atoms with van der Waals surface area (Å²) < 4.78 is 25.5. The zero-order chi connectivity index (χ0) is 54.7. The number of aliphatic hydroxyl groups is 4. The zero-order valence-electron chi connectivity index (χ0n) is 44.6. The minimum Gasteiger partial charge on any atom is -0.387 e. The number of nitrogens with two attached hydrogens (primary N) is 1. The Kier molecular flexibility index (Phi) is 18.6. The maximum atomic E-state index is 10.9. The molecule has 1 aliphatic carbocycles. The molecule has 8 atom stereocenters. The Labute approximate surface area is 459 Å². The van der Waals surface area contributed by atoms with E-state index in [1.807, 2.05) is 48.5 Å². The SMILES string of the molecule is COC[C@H]1O[C@@H](n2cnc3c(NCC(c4ccccc4)c4ccccc4)nc(CN)nc32)[C@H](O)[C@@H]1O.COC[C@H]1O[C@@H](n2cnc3c(NCC(c4ccccc4)c4ccccc4)nc(CNCC4CCCCC4)nc32)[C@H](O)[C@@H]1O. The molecule has 1 saturated carbocycles. The molecule has 2 saturated heterocycles. The number of imidazole rings is 2. The van der Waals surface area contributed by atoms with Crippen LogP contribution in [0.3, 0.4) is 0 Å². The second kappa shape index (κ2) is 26.4. The third-order valence-electron chi connectivity index (χ3n) is 15.2. The fraction of sp³-hybridized carbons (Fsp3) is 0.424. The number of hydrogen-bond acceptors (Lipinski definition) is 18. The fourth-order valence-electron chi connectivity index (χ4n) is 11.0. The molecule has 0 bridgehead atoms. The van der Waals surface area contributed by atoms with Crippen molar-refractivity contribution < 1.29 is 39.4 Å². The molecule has 2 aliphatic heterocycles.